The summed E-state index contributed by atoms with van der Waals surface area (Å²) in [6.07, 6.45) is -0.785. The molecule has 0 rings (SSSR count). The Kier molecular flexibility index (Phi) is 11.0. The molecule has 1 unspecified atom stereocenters. The molecule has 6 heteroatoms. The number of Topliss-reactive ketones (excluding diaryl/α,β-unsaturated/α-hetero) is 2. The molecule has 0 bridgehead atoms. The summed E-state index contributed by atoms with van der Waals surface area (Å²) in [6.45, 7) is 2.55. The Balaban J connectivity index is 0. The van der Waals surface area contributed by atoms with Gasteiger partial charge in [0.15, 0.2) is 5.78 Å². The first kappa shape index (κ1) is 17.1. The quantitative estimate of drug-likeness (QED) is 0.584. The predicted octanol–water partition coefficient (Wildman–Crippen LogP) is -0.241. The third-order valence-corrected chi connectivity index (χ3v) is 1.58. The van der Waals surface area contributed by atoms with Crippen molar-refractivity contribution in [2.24, 2.45) is 0 Å². The van der Waals surface area contributed by atoms with Crippen molar-refractivity contribution < 1.29 is 29.7 Å². The first-order valence-corrected chi connectivity index (χ1v) is 4.88. The number of hydrogen-bond donors (Lipinski definition) is 3. The van der Waals surface area contributed by atoms with Gasteiger partial charge >= 0.3 is 5.97 Å². The van der Waals surface area contributed by atoms with Gasteiger partial charge in [-0.1, -0.05) is 6.92 Å². The van der Waals surface area contributed by atoms with Crippen LogP contribution in [0.25, 0.3) is 0 Å². The molecule has 3 N–H and O–H groups in total. The molecule has 0 radical (unpaired) electrons. The number of carboxylic acid groups (broad SMARTS) is 1. The van der Waals surface area contributed by atoms with E-state index in [2.05, 4.69) is 0 Å². The van der Waals surface area contributed by atoms with Crippen LogP contribution in [0, 0.1) is 0 Å². The van der Waals surface area contributed by atoms with Crippen LogP contribution in [0.1, 0.15) is 33.1 Å². The summed E-state index contributed by atoms with van der Waals surface area (Å²) in [5, 5.41) is 24.7. The van der Waals surface area contributed by atoms with Crippen molar-refractivity contribution in [2.45, 2.75) is 39.2 Å². The second-order valence-corrected chi connectivity index (χ2v) is 3.11. The Bertz CT molecular complexity index is 221. The standard InChI is InChI=1S/C5H8O3.C5H10O3/c1-4(6)2-3-5(7)8;1-2-4(7)5(8)3-6/h2-3H2,1H3,(H,7,8);5-6,8H,2-3H2,1H3. The predicted molar refractivity (Wildman–Crippen MR) is 55.9 cm³/mol. The minimum absolute atomic E-state index is 0.0463. The summed E-state index contributed by atoms with van der Waals surface area (Å²) in [5.74, 6) is -1.31. The summed E-state index contributed by atoms with van der Waals surface area (Å²) in [5.41, 5.74) is 0. The van der Waals surface area contributed by atoms with Gasteiger partial charge in [-0.15, -0.1) is 0 Å². The number of carbonyl (C=O) groups excluding carboxylic acids is 2. The van der Waals surface area contributed by atoms with Crippen LogP contribution in [-0.2, 0) is 14.4 Å². The molecular weight excluding hydrogens is 216 g/mol. The van der Waals surface area contributed by atoms with Gasteiger partial charge in [0.05, 0.1) is 13.0 Å². The maximum atomic E-state index is 10.3. The van der Waals surface area contributed by atoms with Crippen LogP contribution in [0.3, 0.4) is 0 Å². The van der Waals surface area contributed by atoms with E-state index in [-0.39, 0.29) is 30.8 Å². The summed E-state index contributed by atoms with van der Waals surface area (Å²) >= 11 is 0. The van der Waals surface area contributed by atoms with Crippen LogP contribution in [0.2, 0.25) is 0 Å². The zero-order valence-electron chi connectivity index (χ0n) is 9.47. The largest absolute Gasteiger partial charge is 0.481 e. The van der Waals surface area contributed by atoms with Gasteiger partial charge in [0.1, 0.15) is 11.9 Å². The summed E-state index contributed by atoms with van der Waals surface area (Å²) in [7, 11) is 0. The van der Waals surface area contributed by atoms with Crippen molar-refractivity contribution in [1.82, 2.24) is 0 Å². The van der Waals surface area contributed by atoms with Crippen molar-refractivity contribution in [3.05, 3.63) is 0 Å². The van der Waals surface area contributed by atoms with E-state index in [4.69, 9.17) is 15.3 Å². The highest BCUT2D eigenvalue weighted by atomic mass is 16.4. The number of aliphatic hydroxyl groups excluding tert-OH is 2. The minimum atomic E-state index is -1.17. The normalized spacial score (nSPS) is 11.0. The van der Waals surface area contributed by atoms with E-state index in [1.54, 1.807) is 6.92 Å². The van der Waals surface area contributed by atoms with Crippen molar-refractivity contribution in [3.63, 3.8) is 0 Å². The number of carboxylic acids is 1. The molecule has 0 aliphatic carbocycles. The third kappa shape index (κ3) is 12.7. The third-order valence-electron chi connectivity index (χ3n) is 1.58. The highest BCUT2D eigenvalue weighted by Gasteiger charge is 2.09. The highest BCUT2D eigenvalue weighted by molar-refractivity contribution is 5.82. The van der Waals surface area contributed by atoms with E-state index in [0.29, 0.717) is 0 Å². The maximum absolute atomic E-state index is 10.3. The van der Waals surface area contributed by atoms with Gasteiger partial charge in [-0.05, 0) is 6.92 Å². The second kappa shape index (κ2) is 10.3. The average molecular weight is 234 g/mol. The lowest BCUT2D eigenvalue weighted by Gasteiger charge is -2.00. The fourth-order valence-electron chi connectivity index (χ4n) is 0.620. The van der Waals surface area contributed by atoms with E-state index in [0.717, 1.165) is 0 Å². The molecule has 16 heavy (non-hydrogen) atoms. The van der Waals surface area contributed by atoms with Crippen LogP contribution in [0.4, 0.5) is 0 Å². The average Bonchev–Trinajstić information content (AvgIpc) is 2.25. The van der Waals surface area contributed by atoms with Crippen LogP contribution >= 0.6 is 0 Å². The summed E-state index contributed by atoms with van der Waals surface area (Å²) < 4.78 is 0. The minimum Gasteiger partial charge on any atom is -0.481 e. The van der Waals surface area contributed by atoms with E-state index in [9.17, 15) is 14.4 Å². The van der Waals surface area contributed by atoms with Gasteiger partial charge in [-0.3, -0.25) is 9.59 Å². The SMILES string of the molecule is CC(=O)CCC(=O)O.CCC(=O)C(O)CO. The molecule has 0 amide bonds. The molecule has 0 heterocycles. The van der Waals surface area contributed by atoms with Gasteiger partial charge in [0.25, 0.3) is 0 Å². The molecular formula is C10H18O6. The van der Waals surface area contributed by atoms with Gasteiger partial charge in [-0.25, -0.2) is 0 Å². The van der Waals surface area contributed by atoms with Crippen LogP contribution in [0.5, 0.6) is 0 Å². The van der Waals surface area contributed by atoms with E-state index in [1.165, 1.54) is 6.92 Å². The lowest BCUT2D eigenvalue weighted by Crippen LogP contribution is -2.22. The Morgan fingerprint density at radius 1 is 1.19 bits per heavy atom. The zero-order valence-corrected chi connectivity index (χ0v) is 9.47. The van der Waals surface area contributed by atoms with E-state index in [1.807, 2.05) is 0 Å². The summed E-state index contributed by atoms with van der Waals surface area (Å²) in [6, 6.07) is 0. The molecule has 0 spiro atoms. The number of ketones is 2. The molecule has 6 nitrogen and oxygen atoms in total. The van der Waals surface area contributed by atoms with Crippen LogP contribution in [0.15, 0.2) is 0 Å². The molecule has 0 aromatic heterocycles. The van der Waals surface area contributed by atoms with E-state index >= 15 is 0 Å². The Labute approximate surface area is 93.9 Å². The Morgan fingerprint density at radius 2 is 1.69 bits per heavy atom. The topological polar surface area (TPSA) is 112 Å². The molecule has 0 saturated carbocycles. The molecule has 94 valence electrons. The fourth-order valence-corrected chi connectivity index (χ4v) is 0.620. The first-order chi connectivity index (χ1) is 7.34. The molecule has 0 aliphatic rings. The van der Waals surface area contributed by atoms with Gasteiger partial charge in [0.2, 0.25) is 0 Å². The molecule has 0 fully saturated rings. The van der Waals surface area contributed by atoms with Crippen molar-refractivity contribution in [2.75, 3.05) is 6.61 Å². The lowest BCUT2D eigenvalue weighted by molar-refractivity contribution is -0.138. The second-order valence-electron chi connectivity index (χ2n) is 3.11. The lowest BCUT2D eigenvalue weighted by atomic mass is 10.2. The van der Waals surface area contributed by atoms with Gasteiger partial charge in [-0.2, -0.15) is 0 Å². The van der Waals surface area contributed by atoms with Gasteiger partial charge < -0.3 is 20.1 Å². The van der Waals surface area contributed by atoms with Crippen molar-refractivity contribution in [1.29, 1.82) is 0 Å². The smallest absolute Gasteiger partial charge is 0.303 e. The monoisotopic (exact) mass is 234 g/mol. The molecule has 0 saturated heterocycles. The molecule has 0 aromatic rings. The Morgan fingerprint density at radius 3 is 1.81 bits per heavy atom. The fraction of sp³-hybridized carbons (Fsp3) is 0.700. The number of hydrogen-bond acceptors (Lipinski definition) is 5. The van der Waals surface area contributed by atoms with Crippen molar-refractivity contribution in [3.8, 4) is 0 Å². The molecule has 1 atom stereocenters. The first-order valence-electron chi connectivity index (χ1n) is 4.88. The van der Waals surface area contributed by atoms with E-state index < -0.39 is 18.7 Å². The van der Waals surface area contributed by atoms with Crippen LogP contribution in [-0.4, -0.2) is 45.6 Å². The number of carbonyl (C=O) groups is 3. The zero-order chi connectivity index (χ0) is 13.1. The number of aliphatic hydroxyl groups is 2. The Hall–Kier alpha value is -1.27. The van der Waals surface area contributed by atoms with Crippen LogP contribution < -0.4 is 0 Å². The van der Waals surface area contributed by atoms with Crippen molar-refractivity contribution >= 4 is 17.5 Å². The molecule has 0 aromatic carbocycles. The highest BCUT2D eigenvalue weighted by Crippen LogP contribution is 1.88. The maximum Gasteiger partial charge on any atom is 0.303 e. The van der Waals surface area contributed by atoms with Gasteiger partial charge in [0, 0.05) is 12.8 Å². The molecule has 0 aliphatic heterocycles. The summed E-state index contributed by atoms with van der Waals surface area (Å²) in [4.78, 5) is 30.2. The number of aliphatic carboxylic acids is 1. The number of rotatable bonds is 6.